The molecule has 0 amide bonds. The van der Waals surface area contributed by atoms with Crippen molar-refractivity contribution in [3.63, 3.8) is 0 Å². The number of aromatic nitrogens is 3. The normalized spacial score (nSPS) is 13.3. The second-order valence-electron chi connectivity index (χ2n) is 5.65. The van der Waals surface area contributed by atoms with Gasteiger partial charge in [-0.3, -0.25) is 0 Å². The van der Waals surface area contributed by atoms with Gasteiger partial charge in [-0.2, -0.15) is 10.1 Å². The summed E-state index contributed by atoms with van der Waals surface area (Å²) in [6, 6.07) is 17.9. The fourth-order valence-electron chi connectivity index (χ4n) is 2.22. The van der Waals surface area contributed by atoms with Crippen molar-refractivity contribution >= 4 is 17.5 Å². The molecule has 0 aliphatic heterocycles. The van der Waals surface area contributed by atoms with Crippen molar-refractivity contribution in [3.8, 4) is 11.5 Å². The van der Waals surface area contributed by atoms with Gasteiger partial charge in [-0.05, 0) is 49.2 Å². The van der Waals surface area contributed by atoms with E-state index in [9.17, 15) is 0 Å². The zero-order chi connectivity index (χ0) is 16.2. The Morgan fingerprint density at radius 3 is 2.42 bits per heavy atom. The lowest BCUT2D eigenvalue weighted by atomic mass is 10.3. The molecule has 4 rings (SSSR count). The minimum atomic E-state index is 0.470. The van der Waals surface area contributed by atoms with Crippen LogP contribution in [0.5, 0.6) is 11.5 Å². The Kier molecular flexibility index (Phi) is 3.93. The van der Waals surface area contributed by atoms with Crippen molar-refractivity contribution in [3.05, 3.63) is 60.8 Å². The lowest BCUT2D eigenvalue weighted by Gasteiger charge is -2.08. The predicted molar refractivity (Wildman–Crippen MR) is 92.7 cm³/mol. The Hall–Kier alpha value is -3.15. The maximum atomic E-state index is 5.77. The van der Waals surface area contributed by atoms with Gasteiger partial charge >= 0.3 is 0 Å². The Bertz CT molecular complexity index is 803. The van der Waals surface area contributed by atoms with Gasteiger partial charge < -0.3 is 15.4 Å². The Labute approximate surface area is 139 Å². The minimum absolute atomic E-state index is 0.470. The highest BCUT2D eigenvalue weighted by molar-refractivity contribution is 5.55. The van der Waals surface area contributed by atoms with Crippen LogP contribution in [0.2, 0.25) is 0 Å². The molecule has 1 aliphatic rings. The third kappa shape index (κ3) is 3.78. The van der Waals surface area contributed by atoms with Crippen molar-refractivity contribution in [2.24, 2.45) is 0 Å². The van der Waals surface area contributed by atoms with Crippen molar-refractivity contribution in [1.82, 2.24) is 15.2 Å². The van der Waals surface area contributed by atoms with Crippen molar-refractivity contribution in [2.75, 3.05) is 10.6 Å². The molecule has 2 aromatic carbocycles. The van der Waals surface area contributed by atoms with E-state index in [0.717, 1.165) is 23.0 Å². The SMILES string of the molecule is c1ccc(Oc2ccc(Nc3nncc(NC4CC4)n3)cc2)cc1. The van der Waals surface area contributed by atoms with Crippen molar-refractivity contribution < 1.29 is 4.74 Å². The zero-order valence-corrected chi connectivity index (χ0v) is 13.0. The van der Waals surface area contributed by atoms with Gasteiger partial charge in [0, 0.05) is 11.7 Å². The predicted octanol–water partition coefficient (Wildman–Crippen LogP) is 3.98. The van der Waals surface area contributed by atoms with Crippen LogP contribution in [0, 0.1) is 0 Å². The van der Waals surface area contributed by atoms with Crippen LogP contribution < -0.4 is 15.4 Å². The second-order valence-corrected chi connectivity index (χ2v) is 5.65. The van der Waals surface area contributed by atoms with E-state index >= 15 is 0 Å². The van der Waals surface area contributed by atoms with E-state index in [2.05, 4.69) is 25.8 Å². The van der Waals surface area contributed by atoms with E-state index in [1.54, 1.807) is 6.20 Å². The smallest absolute Gasteiger partial charge is 0.249 e. The molecular formula is C18H17N5O. The number of ether oxygens (including phenoxy) is 1. The molecule has 1 aromatic heterocycles. The molecule has 1 saturated carbocycles. The van der Waals surface area contributed by atoms with E-state index in [-0.39, 0.29) is 0 Å². The third-order valence-electron chi connectivity index (χ3n) is 3.58. The van der Waals surface area contributed by atoms with Crippen LogP contribution in [0.3, 0.4) is 0 Å². The highest BCUT2D eigenvalue weighted by Gasteiger charge is 2.21. The van der Waals surface area contributed by atoms with Crippen LogP contribution in [0.25, 0.3) is 0 Å². The fourth-order valence-corrected chi connectivity index (χ4v) is 2.22. The standard InChI is InChI=1S/C18H17N5O/c1-2-4-15(5-3-1)24-16-10-8-14(9-11-16)21-18-22-17(12-19-23-18)20-13-6-7-13/h1-5,8-13H,6-7H2,(H2,20,21,22,23). The molecule has 1 fully saturated rings. The maximum Gasteiger partial charge on any atom is 0.249 e. The summed E-state index contributed by atoms with van der Waals surface area (Å²) in [7, 11) is 0. The molecule has 0 bridgehead atoms. The minimum Gasteiger partial charge on any atom is -0.457 e. The molecule has 0 unspecified atom stereocenters. The number of benzene rings is 2. The molecule has 2 N–H and O–H groups in total. The molecule has 3 aromatic rings. The monoisotopic (exact) mass is 319 g/mol. The van der Waals surface area contributed by atoms with Crippen LogP contribution in [0.4, 0.5) is 17.5 Å². The van der Waals surface area contributed by atoms with Gasteiger partial charge in [-0.25, -0.2) is 0 Å². The Balaban J connectivity index is 1.41. The summed E-state index contributed by atoms with van der Waals surface area (Å²) in [5.41, 5.74) is 0.876. The first kappa shape index (κ1) is 14.4. The van der Waals surface area contributed by atoms with Crippen molar-refractivity contribution in [2.45, 2.75) is 18.9 Å². The van der Waals surface area contributed by atoms with E-state index in [0.29, 0.717) is 12.0 Å². The number of para-hydroxylation sites is 1. The number of hydrogen-bond donors (Lipinski definition) is 2. The average molecular weight is 319 g/mol. The lowest BCUT2D eigenvalue weighted by molar-refractivity contribution is 0.483. The molecule has 0 radical (unpaired) electrons. The number of nitrogens with zero attached hydrogens (tertiary/aromatic N) is 3. The summed E-state index contributed by atoms with van der Waals surface area (Å²) in [4.78, 5) is 4.41. The van der Waals surface area contributed by atoms with Gasteiger partial charge in [-0.15, -0.1) is 5.10 Å². The van der Waals surface area contributed by atoms with E-state index in [1.807, 2.05) is 54.6 Å². The molecule has 0 saturated heterocycles. The number of anilines is 3. The lowest BCUT2D eigenvalue weighted by Crippen LogP contribution is -2.06. The molecule has 24 heavy (non-hydrogen) atoms. The van der Waals surface area contributed by atoms with Gasteiger partial charge in [0.05, 0.1) is 6.20 Å². The Morgan fingerprint density at radius 2 is 1.67 bits per heavy atom. The van der Waals surface area contributed by atoms with Crippen LogP contribution in [-0.4, -0.2) is 21.2 Å². The summed E-state index contributed by atoms with van der Waals surface area (Å²) in [5, 5.41) is 14.4. The molecule has 6 heteroatoms. The van der Waals surface area contributed by atoms with E-state index in [4.69, 9.17) is 4.74 Å². The molecule has 120 valence electrons. The summed E-state index contributed by atoms with van der Waals surface area (Å²) in [6.45, 7) is 0. The summed E-state index contributed by atoms with van der Waals surface area (Å²) >= 11 is 0. The average Bonchev–Trinajstić information content (AvgIpc) is 3.42. The number of rotatable bonds is 6. The molecule has 0 atom stereocenters. The highest BCUT2D eigenvalue weighted by atomic mass is 16.5. The first-order valence-electron chi connectivity index (χ1n) is 7.91. The summed E-state index contributed by atoms with van der Waals surface area (Å²) in [6.07, 6.45) is 4.02. The molecular weight excluding hydrogens is 302 g/mol. The topological polar surface area (TPSA) is 72.0 Å². The number of hydrogen-bond acceptors (Lipinski definition) is 6. The zero-order valence-electron chi connectivity index (χ0n) is 13.0. The quantitative estimate of drug-likeness (QED) is 0.716. The number of nitrogens with one attached hydrogen (secondary N) is 2. The summed E-state index contributed by atoms with van der Waals surface area (Å²) in [5.74, 6) is 2.80. The Morgan fingerprint density at radius 1 is 0.917 bits per heavy atom. The third-order valence-corrected chi connectivity index (χ3v) is 3.58. The van der Waals surface area contributed by atoms with Crippen LogP contribution in [-0.2, 0) is 0 Å². The molecule has 0 spiro atoms. The first-order chi connectivity index (χ1) is 11.8. The van der Waals surface area contributed by atoms with Gasteiger partial charge in [0.2, 0.25) is 5.95 Å². The van der Waals surface area contributed by atoms with E-state index < -0.39 is 0 Å². The second kappa shape index (κ2) is 6.54. The molecule has 6 nitrogen and oxygen atoms in total. The van der Waals surface area contributed by atoms with Gasteiger partial charge in [0.25, 0.3) is 0 Å². The maximum absolute atomic E-state index is 5.77. The van der Waals surface area contributed by atoms with Crippen LogP contribution >= 0.6 is 0 Å². The van der Waals surface area contributed by atoms with Gasteiger partial charge in [0.15, 0.2) is 5.82 Å². The van der Waals surface area contributed by atoms with Crippen molar-refractivity contribution in [1.29, 1.82) is 0 Å². The molecule has 1 aliphatic carbocycles. The summed E-state index contributed by atoms with van der Waals surface area (Å²) < 4.78 is 5.77. The van der Waals surface area contributed by atoms with Crippen LogP contribution in [0.15, 0.2) is 60.8 Å². The fraction of sp³-hybridized carbons (Fsp3) is 0.167. The largest absolute Gasteiger partial charge is 0.457 e. The van der Waals surface area contributed by atoms with Gasteiger partial charge in [-0.1, -0.05) is 18.2 Å². The van der Waals surface area contributed by atoms with Gasteiger partial charge in [0.1, 0.15) is 11.5 Å². The first-order valence-corrected chi connectivity index (χ1v) is 7.91. The molecule has 1 heterocycles. The van der Waals surface area contributed by atoms with Crippen LogP contribution in [0.1, 0.15) is 12.8 Å². The highest BCUT2D eigenvalue weighted by Crippen LogP contribution is 2.25. The van der Waals surface area contributed by atoms with E-state index in [1.165, 1.54) is 12.8 Å².